The maximum Gasteiger partial charge on any atom is 0.327 e. The second-order valence-electron chi connectivity index (χ2n) is 7.32. The minimum absolute atomic E-state index is 0.353. The van der Waals surface area contributed by atoms with E-state index in [0.29, 0.717) is 0 Å². The van der Waals surface area contributed by atoms with Crippen LogP contribution >= 0.6 is 0 Å². The molecule has 3 aliphatic heterocycles. The lowest BCUT2D eigenvalue weighted by Gasteiger charge is -2.31. The summed E-state index contributed by atoms with van der Waals surface area (Å²) in [6.45, 7) is 1.05. The van der Waals surface area contributed by atoms with Gasteiger partial charge >= 0.3 is 17.9 Å². The summed E-state index contributed by atoms with van der Waals surface area (Å²) < 4.78 is 73.7. The molecule has 1 aromatic carbocycles. The number of carboxylic acid groups (broad SMARTS) is 1. The van der Waals surface area contributed by atoms with Crippen LogP contribution in [0.15, 0.2) is 30.3 Å². The SMILES string of the molecule is CC(=O)OC1C2OS(=O)(=O)C3C2OC1C3C(=O)OC(c1ccccc1)C(F)(F)C(=O)[O-]. The van der Waals surface area contributed by atoms with Gasteiger partial charge in [0.15, 0.2) is 12.2 Å². The van der Waals surface area contributed by atoms with E-state index in [1.807, 2.05) is 0 Å². The predicted octanol–water partition coefficient (Wildman–Crippen LogP) is -0.918. The van der Waals surface area contributed by atoms with E-state index < -0.39 is 75.6 Å². The normalized spacial score (nSPS) is 33.6. The fourth-order valence-corrected chi connectivity index (χ4v) is 6.03. The molecule has 0 aromatic heterocycles. The van der Waals surface area contributed by atoms with Crippen molar-refractivity contribution in [1.82, 2.24) is 0 Å². The molecule has 31 heavy (non-hydrogen) atoms. The van der Waals surface area contributed by atoms with Crippen molar-refractivity contribution in [2.45, 2.75) is 48.6 Å². The summed E-state index contributed by atoms with van der Waals surface area (Å²) in [5.41, 5.74) is -0.353. The number of hydrogen-bond acceptors (Lipinski definition) is 10. The molecule has 0 spiro atoms. The highest BCUT2D eigenvalue weighted by molar-refractivity contribution is 7.87. The van der Waals surface area contributed by atoms with Crippen LogP contribution in [0, 0.1) is 5.92 Å². The monoisotopic (exact) mass is 461 g/mol. The molecule has 13 heteroatoms. The molecule has 0 N–H and O–H groups in total. The molecule has 0 saturated carbocycles. The molecule has 3 aliphatic rings. The number of ether oxygens (including phenoxy) is 3. The maximum absolute atomic E-state index is 14.3. The van der Waals surface area contributed by atoms with Crippen LogP contribution in [0.1, 0.15) is 18.6 Å². The Morgan fingerprint density at radius 1 is 1.13 bits per heavy atom. The first-order valence-electron chi connectivity index (χ1n) is 9.04. The lowest BCUT2D eigenvalue weighted by molar-refractivity contribution is -0.337. The summed E-state index contributed by atoms with van der Waals surface area (Å²) in [6, 6.07) is 6.32. The van der Waals surface area contributed by atoms with Gasteiger partial charge < -0.3 is 24.1 Å². The minimum atomic E-state index is -4.63. The van der Waals surface area contributed by atoms with E-state index in [0.717, 1.165) is 19.1 Å². The molecule has 4 rings (SSSR count). The van der Waals surface area contributed by atoms with Gasteiger partial charge in [-0.25, -0.2) is 0 Å². The van der Waals surface area contributed by atoms with Crippen molar-refractivity contribution >= 4 is 28.0 Å². The summed E-state index contributed by atoms with van der Waals surface area (Å²) in [5.74, 6) is -11.4. The number of carbonyl (C=O) groups is 3. The van der Waals surface area contributed by atoms with Gasteiger partial charge in [0.25, 0.3) is 10.1 Å². The third-order valence-electron chi connectivity index (χ3n) is 5.41. The minimum Gasteiger partial charge on any atom is -0.544 e. The molecule has 0 radical (unpaired) electrons. The van der Waals surface area contributed by atoms with Crippen molar-refractivity contribution in [3.05, 3.63) is 35.9 Å². The second kappa shape index (κ2) is 7.21. The number of halogens is 2. The fraction of sp³-hybridized carbons (Fsp3) is 0.500. The molecule has 0 aliphatic carbocycles. The van der Waals surface area contributed by atoms with Crippen LogP contribution in [0.3, 0.4) is 0 Å². The average Bonchev–Trinajstić information content (AvgIpc) is 3.28. The van der Waals surface area contributed by atoms with E-state index in [1.165, 1.54) is 18.2 Å². The lowest BCUT2D eigenvalue weighted by atomic mass is 9.84. The van der Waals surface area contributed by atoms with E-state index in [9.17, 15) is 36.7 Å². The molecule has 7 unspecified atom stereocenters. The Balaban J connectivity index is 1.68. The Hall–Kier alpha value is -2.64. The van der Waals surface area contributed by atoms with Crippen LogP contribution in [-0.2, 0) is 42.9 Å². The summed E-state index contributed by atoms with van der Waals surface area (Å²) in [4.78, 5) is 35.3. The molecule has 3 fully saturated rings. The van der Waals surface area contributed by atoms with E-state index >= 15 is 0 Å². The Kier molecular flexibility index (Phi) is 5.02. The molecule has 3 saturated heterocycles. The third kappa shape index (κ3) is 3.36. The molecular formula is C18H15F2O10S-. The predicted molar refractivity (Wildman–Crippen MR) is 90.5 cm³/mol. The largest absolute Gasteiger partial charge is 0.544 e. The lowest BCUT2D eigenvalue weighted by Crippen LogP contribution is -2.52. The van der Waals surface area contributed by atoms with Crippen LogP contribution in [-0.4, -0.2) is 61.9 Å². The fourth-order valence-electron chi connectivity index (χ4n) is 4.20. The van der Waals surface area contributed by atoms with Crippen LogP contribution in [0.2, 0.25) is 0 Å². The summed E-state index contributed by atoms with van der Waals surface area (Å²) in [7, 11) is -4.38. The van der Waals surface area contributed by atoms with Crippen molar-refractivity contribution in [2.24, 2.45) is 5.92 Å². The van der Waals surface area contributed by atoms with E-state index in [4.69, 9.17) is 18.4 Å². The van der Waals surface area contributed by atoms with Gasteiger partial charge in [0, 0.05) is 6.92 Å². The molecule has 10 nitrogen and oxygen atoms in total. The first kappa shape index (κ1) is 21.6. The molecule has 168 valence electrons. The van der Waals surface area contributed by atoms with Crippen LogP contribution in [0.5, 0.6) is 0 Å². The number of alkyl halides is 2. The Bertz CT molecular complexity index is 1030. The zero-order valence-corrected chi connectivity index (χ0v) is 16.5. The molecule has 2 bridgehead atoms. The summed E-state index contributed by atoms with van der Waals surface area (Å²) >= 11 is 0. The highest BCUT2D eigenvalue weighted by Gasteiger charge is 2.74. The highest BCUT2D eigenvalue weighted by Crippen LogP contribution is 2.52. The van der Waals surface area contributed by atoms with Crippen molar-refractivity contribution < 1.29 is 55.1 Å². The number of esters is 2. The van der Waals surface area contributed by atoms with Gasteiger partial charge in [-0.1, -0.05) is 30.3 Å². The van der Waals surface area contributed by atoms with E-state index in [1.54, 1.807) is 0 Å². The summed E-state index contributed by atoms with van der Waals surface area (Å²) in [5, 5.41) is 9.45. The van der Waals surface area contributed by atoms with Crippen molar-refractivity contribution in [3.63, 3.8) is 0 Å². The van der Waals surface area contributed by atoms with Gasteiger partial charge in [-0.3, -0.25) is 13.8 Å². The second-order valence-corrected chi connectivity index (χ2v) is 9.04. The first-order chi connectivity index (χ1) is 14.4. The van der Waals surface area contributed by atoms with Gasteiger partial charge in [0.2, 0.25) is 0 Å². The number of aliphatic carboxylic acids is 1. The number of hydrogen-bond donors (Lipinski definition) is 0. The third-order valence-corrected chi connectivity index (χ3v) is 7.13. The number of rotatable bonds is 6. The molecule has 0 amide bonds. The Labute approximate surface area is 174 Å². The Morgan fingerprint density at radius 2 is 1.77 bits per heavy atom. The molecule has 3 heterocycles. The van der Waals surface area contributed by atoms with Gasteiger partial charge in [0.1, 0.15) is 35.4 Å². The van der Waals surface area contributed by atoms with Crippen molar-refractivity contribution in [3.8, 4) is 0 Å². The van der Waals surface area contributed by atoms with E-state index in [2.05, 4.69) is 0 Å². The van der Waals surface area contributed by atoms with Gasteiger partial charge in [-0.2, -0.15) is 17.2 Å². The maximum atomic E-state index is 14.3. The van der Waals surface area contributed by atoms with E-state index in [-0.39, 0.29) is 5.56 Å². The van der Waals surface area contributed by atoms with Gasteiger partial charge in [-0.15, -0.1) is 0 Å². The van der Waals surface area contributed by atoms with Crippen LogP contribution in [0.4, 0.5) is 8.78 Å². The zero-order chi connectivity index (χ0) is 22.7. The number of carboxylic acids is 1. The number of fused-ring (bicyclic) bond motifs is 1. The molecule has 1 aromatic rings. The Morgan fingerprint density at radius 3 is 2.35 bits per heavy atom. The quantitative estimate of drug-likeness (QED) is 0.385. The van der Waals surface area contributed by atoms with Gasteiger partial charge in [-0.05, 0) is 5.56 Å². The molecular weight excluding hydrogens is 446 g/mol. The van der Waals surface area contributed by atoms with Crippen molar-refractivity contribution in [1.29, 1.82) is 0 Å². The topological polar surface area (TPSA) is 145 Å². The first-order valence-corrected chi connectivity index (χ1v) is 10.5. The number of carbonyl (C=O) groups excluding carboxylic acids is 3. The standard InChI is InChI=1S/C18H16F2O10S/c1-7(21)27-11-10-9(14-13(28-10)12(11)30-31(14,25)26)16(22)29-15(18(19,20)17(23)24)8-5-3-2-4-6-8/h2-6,9-15H,1H3,(H,23,24)/p-1. The van der Waals surface area contributed by atoms with Gasteiger partial charge in [0.05, 0.1) is 0 Å². The zero-order valence-electron chi connectivity index (χ0n) is 15.7. The number of benzene rings is 1. The molecule has 7 atom stereocenters. The smallest absolute Gasteiger partial charge is 0.327 e. The van der Waals surface area contributed by atoms with Crippen LogP contribution < -0.4 is 5.11 Å². The van der Waals surface area contributed by atoms with Crippen molar-refractivity contribution in [2.75, 3.05) is 0 Å². The summed E-state index contributed by atoms with van der Waals surface area (Å²) in [6.07, 6.45) is -7.57. The highest BCUT2D eigenvalue weighted by atomic mass is 32.2. The average molecular weight is 461 g/mol. The van der Waals surface area contributed by atoms with Crippen LogP contribution in [0.25, 0.3) is 0 Å².